The molecule has 0 radical (unpaired) electrons. The van der Waals surface area contributed by atoms with E-state index in [1.54, 1.807) is 24.3 Å². The predicted molar refractivity (Wildman–Crippen MR) is 126 cm³/mol. The second-order valence-corrected chi connectivity index (χ2v) is 7.78. The first-order valence-corrected chi connectivity index (χ1v) is 10.4. The summed E-state index contributed by atoms with van der Waals surface area (Å²) in [5, 5.41) is 23.2. The van der Waals surface area contributed by atoms with Gasteiger partial charge < -0.3 is 19.7 Å². The van der Waals surface area contributed by atoms with Crippen LogP contribution in [0.25, 0.3) is 21.5 Å². The minimum Gasteiger partial charge on any atom is -0.508 e. The van der Waals surface area contributed by atoms with E-state index in [2.05, 4.69) is 6.07 Å². The van der Waals surface area contributed by atoms with Crippen LogP contribution in [0.3, 0.4) is 0 Å². The summed E-state index contributed by atoms with van der Waals surface area (Å²) in [5.74, 6) is 2.08. The molecule has 0 heterocycles. The van der Waals surface area contributed by atoms with Gasteiger partial charge >= 0.3 is 0 Å². The fraction of sp³-hybridized carbons (Fsp3) is 0.0714. The molecule has 0 saturated heterocycles. The van der Waals surface area contributed by atoms with Gasteiger partial charge in [0.15, 0.2) is 0 Å². The summed E-state index contributed by atoms with van der Waals surface area (Å²) in [6.07, 6.45) is 0. The molecule has 5 aromatic rings. The topological polar surface area (TPSA) is 58.9 Å². The Labute approximate surface area is 185 Å². The standard InChI is InChI=1S/C28H22O4/c29-25-8-4-23-15-27(10-6-21(23)13-25)31-17-19-2-1-3-20(12-19)18-32-28-11-7-22-14-26(30)9-5-24(22)16-28/h1-16,29-30H,17-18H2. The number of hydrogen-bond donors (Lipinski definition) is 2. The van der Waals surface area contributed by atoms with Crippen molar-refractivity contribution in [1.29, 1.82) is 0 Å². The molecule has 0 aliphatic heterocycles. The van der Waals surface area contributed by atoms with E-state index in [1.807, 2.05) is 66.7 Å². The highest BCUT2D eigenvalue weighted by Crippen LogP contribution is 2.26. The number of rotatable bonds is 6. The molecule has 0 atom stereocenters. The molecular weight excluding hydrogens is 400 g/mol. The van der Waals surface area contributed by atoms with Crippen LogP contribution in [0.4, 0.5) is 0 Å². The van der Waals surface area contributed by atoms with E-state index in [1.165, 1.54) is 0 Å². The highest BCUT2D eigenvalue weighted by molar-refractivity contribution is 5.85. The number of hydrogen-bond acceptors (Lipinski definition) is 4. The van der Waals surface area contributed by atoms with Crippen LogP contribution in [0.2, 0.25) is 0 Å². The molecule has 2 N–H and O–H groups in total. The molecule has 0 amide bonds. The molecule has 4 heteroatoms. The Hall–Kier alpha value is -4.18. The van der Waals surface area contributed by atoms with Gasteiger partial charge in [0, 0.05) is 0 Å². The van der Waals surface area contributed by atoms with Crippen LogP contribution in [0.5, 0.6) is 23.0 Å². The number of benzene rings is 5. The van der Waals surface area contributed by atoms with Crippen molar-refractivity contribution in [2.45, 2.75) is 13.2 Å². The summed E-state index contributed by atoms with van der Waals surface area (Å²) in [5.41, 5.74) is 2.12. The molecule has 0 unspecified atom stereocenters. The Morgan fingerprint density at radius 2 is 0.906 bits per heavy atom. The lowest BCUT2D eigenvalue weighted by Gasteiger charge is -2.11. The number of ether oxygens (including phenoxy) is 2. The average molecular weight is 422 g/mol. The van der Waals surface area contributed by atoms with Gasteiger partial charge in [-0.25, -0.2) is 0 Å². The molecule has 5 rings (SSSR count). The number of fused-ring (bicyclic) bond motifs is 2. The lowest BCUT2D eigenvalue weighted by atomic mass is 10.1. The minimum absolute atomic E-state index is 0.258. The fourth-order valence-corrected chi connectivity index (χ4v) is 3.74. The Kier molecular flexibility index (Phi) is 5.26. The number of phenols is 2. The lowest BCUT2D eigenvalue weighted by Crippen LogP contribution is -1.99. The van der Waals surface area contributed by atoms with Crippen molar-refractivity contribution in [3.05, 3.63) is 108 Å². The fourth-order valence-electron chi connectivity index (χ4n) is 3.74. The third-order valence-electron chi connectivity index (χ3n) is 5.39. The van der Waals surface area contributed by atoms with Crippen LogP contribution in [0.15, 0.2) is 97.1 Å². The van der Waals surface area contributed by atoms with Crippen LogP contribution in [-0.2, 0) is 13.2 Å². The summed E-state index contributed by atoms with van der Waals surface area (Å²) in [6, 6.07) is 30.4. The van der Waals surface area contributed by atoms with Crippen LogP contribution < -0.4 is 9.47 Å². The highest BCUT2D eigenvalue weighted by Gasteiger charge is 2.03. The first-order chi connectivity index (χ1) is 15.6. The van der Waals surface area contributed by atoms with E-state index in [9.17, 15) is 10.2 Å². The smallest absolute Gasteiger partial charge is 0.120 e. The van der Waals surface area contributed by atoms with E-state index in [4.69, 9.17) is 9.47 Å². The number of aromatic hydroxyl groups is 2. The monoisotopic (exact) mass is 422 g/mol. The van der Waals surface area contributed by atoms with Gasteiger partial charge in [0.05, 0.1) is 0 Å². The van der Waals surface area contributed by atoms with E-state index < -0.39 is 0 Å². The Morgan fingerprint density at radius 1 is 0.469 bits per heavy atom. The van der Waals surface area contributed by atoms with Crippen LogP contribution in [0, 0.1) is 0 Å². The second kappa shape index (κ2) is 8.52. The van der Waals surface area contributed by atoms with E-state index in [-0.39, 0.29) is 11.5 Å². The molecule has 0 aromatic heterocycles. The average Bonchev–Trinajstić information content (AvgIpc) is 2.81. The minimum atomic E-state index is 0.258. The summed E-state index contributed by atoms with van der Waals surface area (Å²) < 4.78 is 12.0. The van der Waals surface area contributed by atoms with Gasteiger partial charge in [0.25, 0.3) is 0 Å². The van der Waals surface area contributed by atoms with E-state index >= 15 is 0 Å². The zero-order chi connectivity index (χ0) is 21.9. The molecule has 32 heavy (non-hydrogen) atoms. The Morgan fingerprint density at radius 3 is 1.41 bits per heavy atom. The molecule has 4 nitrogen and oxygen atoms in total. The molecule has 0 aliphatic carbocycles. The molecule has 0 saturated carbocycles. The third-order valence-corrected chi connectivity index (χ3v) is 5.39. The summed E-state index contributed by atoms with van der Waals surface area (Å²) >= 11 is 0. The molecule has 5 aromatic carbocycles. The molecule has 0 fully saturated rings. The first-order valence-electron chi connectivity index (χ1n) is 10.4. The first kappa shape index (κ1) is 19.8. The predicted octanol–water partition coefficient (Wildman–Crippen LogP) is 6.56. The van der Waals surface area contributed by atoms with Crippen molar-refractivity contribution < 1.29 is 19.7 Å². The summed E-state index contributed by atoms with van der Waals surface area (Å²) in [6.45, 7) is 0.911. The molecule has 158 valence electrons. The Balaban J connectivity index is 1.23. The van der Waals surface area contributed by atoms with Crippen LogP contribution in [0.1, 0.15) is 11.1 Å². The van der Waals surface area contributed by atoms with Gasteiger partial charge in [-0.15, -0.1) is 0 Å². The molecular formula is C28H22O4. The largest absolute Gasteiger partial charge is 0.508 e. The van der Waals surface area contributed by atoms with Gasteiger partial charge in [0.1, 0.15) is 36.2 Å². The van der Waals surface area contributed by atoms with Crippen molar-refractivity contribution in [1.82, 2.24) is 0 Å². The van der Waals surface area contributed by atoms with Crippen molar-refractivity contribution in [3.8, 4) is 23.0 Å². The van der Waals surface area contributed by atoms with Crippen LogP contribution >= 0.6 is 0 Å². The van der Waals surface area contributed by atoms with Crippen molar-refractivity contribution in [3.63, 3.8) is 0 Å². The van der Waals surface area contributed by atoms with E-state index in [0.717, 1.165) is 44.2 Å². The maximum absolute atomic E-state index is 9.60. The maximum atomic E-state index is 9.60. The van der Waals surface area contributed by atoms with Gasteiger partial charge in [-0.1, -0.05) is 42.5 Å². The SMILES string of the molecule is Oc1ccc2cc(OCc3cccc(COc4ccc5cc(O)ccc5c4)c3)ccc2c1. The van der Waals surface area contributed by atoms with Gasteiger partial charge in [-0.05, 0) is 87.3 Å². The van der Waals surface area contributed by atoms with Crippen LogP contribution in [-0.4, -0.2) is 10.2 Å². The van der Waals surface area contributed by atoms with Gasteiger partial charge in [-0.3, -0.25) is 0 Å². The lowest BCUT2D eigenvalue weighted by molar-refractivity contribution is 0.300. The number of phenolic OH excluding ortho intramolecular Hbond substituents is 2. The molecule has 0 aliphatic rings. The highest BCUT2D eigenvalue weighted by atomic mass is 16.5. The van der Waals surface area contributed by atoms with Gasteiger partial charge in [-0.2, -0.15) is 0 Å². The molecule has 0 bridgehead atoms. The second-order valence-electron chi connectivity index (χ2n) is 7.78. The van der Waals surface area contributed by atoms with Gasteiger partial charge in [0.2, 0.25) is 0 Å². The van der Waals surface area contributed by atoms with Crippen molar-refractivity contribution in [2.75, 3.05) is 0 Å². The zero-order valence-electron chi connectivity index (χ0n) is 17.4. The van der Waals surface area contributed by atoms with Crippen molar-refractivity contribution >= 4 is 21.5 Å². The zero-order valence-corrected chi connectivity index (χ0v) is 17.4. The van der Waals surface area contributed by atoms with E-state index in [0.29, 0.717) is 13.2 Å². The van der Waals surface area contributed by atoms with Crippen molar-refractivity contribution in [2.24, 2.45) is 0 Å². The Bertz CT molecular complexity index is 1300. The maximum Gasteiger partial charge on any atom is 0.120 e. The normalized spacial score (nSPS) is 11.0. The summed E-state index contributed by atoms with van der Waals surface area (Å²) in [7, 11) is 0. The quantitative estimate of drug-likeness (QED) is 0.325. The summed E-state index contributed by atoms with van der Waals surface area (Å²) in [4.78, 5) is 0. The third kappa shape index (κ3) is 4.44. The molecule has 0 spiro atoms.